The average molecular weight is 284 g/mol. The van der Waals surface area contributed by atoms with Crippen molar-refractivity contribution < 1.29 is 4.74 Å². The second kappa shape index (κ2) is 9.22. The molecule has 0 saturated heterocycles. The Morgan fingerprint density at radius 2 is 1.95 bits per heavy atom. The van der Waals surface area contributed by atoms with Crippen LogP contribution < -0.4 is 10.5 Å². The van der Waals surface area contributed by atoms with Gasteiger partial charge < -0.3 is 10.5 Å². The van der Waals surface area contributed by atoms with Crippen LogP contribution in [0.1, 0.15) is 51.5 Å². The number of nitrogens with two attached hydrogens (primary N) is 1. The molecule has 2 N–H and O–H groups in total. The molecule has 0 saturated carbocycles. The second-order valence-corrected chi connectivity index (χ2v) is 5.63. The minimum atomic E-state index is 0.116. The van der Waals surface area contributed by atoms with E-state index in [0.717, 1.165) is 35.8 Å². The van der Waals surface area contributed by atoms with Crippen LogP contribution in [0.3, 0.4) is 0 Å². The number of ether oxygens (including phenoxy) is 1. The molecule has 0 spiro atoms. The molecular formula is C16H26ClNO. The van der Waals surface area contributed by atoms with Crippen LogP contribution in [0, 0.1) is 0 Å². The van der Waals surface area contributed by atoms with E-state index in [9.17, 15) is 0 Å². The minimum Gasteiger partial charge on any atom is -0.493 e. The van der Waals surface area contributed by atoms with Crippen molar-refractivity contribution in [3.8, 4) is 5.75 Å². The fourth-order valence-corrected chi connectivity index (χ4v) is 2.28. The normalized spacial score (nSPS) is 12.4. The third kappa shape index (κ3) is 6.84. The van der Waals surface area contributed by atoms with Gasteiger partial charge in [0.15, 0.2) is 0 Å². The highest BCUT2D eigenvalue weighted by Gasteiger charge is 2.07. The molecule has 0 fully saturated rings. The molecule has 3 heteroatoms. The SMILES string of the molecule is CCCCCCCOc1ccc(Cl)cc1CC(C)N. The van der Waals surface area contributed by atoms with Crippen molar-refractivity contribution >= 4 is 11.6 Å². The molecule has 1 aromatic rings. The molecule has 0 bridgehead atoms. The summed E-state index contributed by atoms with van der Waals surface area (Å²) in [5.41, 5.74) is 6.96. The maximum absolute atomic E-state index is 6.02. The van der Waals surface area contributed by atoms with Crippen LogP contribution in [0.5, 0.6) is 5.75 Å². The van der Waals surface area contributed by atoms with E-state index < -0.39 is 0 Å². The first kappa shape index (κ1) is 16.3. The molecule has 0 aliphatic rings. The Morgan fingerprint density at radius 3 is 2.63 bits per heavy atom. The molecule has 108 valence electrons. The molecule has 0 heterocycles. The lowest BCUT2D eigenvalue weighted by Crippen LogP contribution is -2.18. The third-order valence-corrected chi connectivity index (χ3v) is 3.30. The summed E-state index contributed by atoms with van der Waals surface area (Å²) in [4.78, 5) is 0. The fraction of sp³-hybridized carbons (Fsp3) is 0.625. The summed E-state index contributed by atoms with van der Waals surface area (Å²) in [6, 6.07) is 5.90. The van der Waals surface area contributed by atoms with Gasteiger partial charge in [-0.25, -0.2) is 0 Å². The van der Waals surface area contributed by atoms with Crippen molar-refractivity contribution in [2.75, 3.05) is 6.61 Å². The van der Waals surface area contributed by atoms with Gasteiger partial charge in [0.25, 0.3) is 0 Å². The lowest BCUT2D eigenvalue weighted by Gasteiger charge is -2.13. The van der Waals surface area contributed by atoms with Crippen LogP contribution in [0.25, 0.3) is 0 Å². The Morgan fingerprint density at radius 1 is 1.21 bits per heavy atom. The van der Waals surface area contributed by atoms with Crippen molar-refractivity contribution in [3.05, 3.63) is 28.8 Å². The maximum atomic E-state index is 6.02. The summed E-state index contributed by atoms with van der Waals surface area (Å²) in [5.74, 6) is 0.928. The quantitative estimate of drug-likeness (QED) is 0.673. The second-order valence-electron chi connectivity index (χ2n) is 5.20. The van der Waals surface area contributed by atoms with Crippen molar-refractivity contribution in [1.82, 2.24) is 0 Å². The zero-order chi connectivity index (χ0) is 14.1. The largest absolute Gasteiger partial charge is 0.493 e. The summed E-state index contributed by atoms with van der Waals surface area (Å²) < 4.78 is 5.86. The maximum Gasteiger partial charge on any atom is 0.122 e. The average Bonchev–Trinajstić information content (AvgIpc) is 2.35. The van der Waals surface area contributed by atoms with Crippen molar-refractivity contribution in [3.63, 3.8) is 0 Å². The van der Waals surface area contributed by atoms with Crippen LogP contribution in [-0.4, -0.2) is 12.6 Å². The lowest BCUT2D eigenvalue weighted by molar-refractivity contribution is 0.301. The van der Waals surface area contributed by atoms with Crippen molar-refractivity contribution in [2.45, 2.75) is 58.4 Å². The van der Waals surface area contributed by atoms with Gasteiger partial charge in [-0.2, -0.15) is 0 Å². The van der Waals surface area contributed by atoms with Gasteiger partial charge in [0.1, 0.15) is 5.75 Å². The first-order chi connectivity index (χ1) is 9.13. The van der Waals surface area contributed by atoms with Crippen LogP contribution in [0.2, 0.25) is 5.02 Å². The summed E-state index contributed by atoms with van der Waals surface area (Å²) in [5, 5.41) is 0.742. The van der Waals surface area contributed by atoms with Crippen molar-refractivity contribution in [2.24, 2.45) is 5.73 Å². The molecule has 0 radical (unpaired) electrons. The van der Waals surface area contributed by atoms with E-state index in [1.165, 1.54) is 25.7 Å². The topological polar surface area (TPSA) is 35.2 Å². The number of halogens is 1. The summed E-state index contributed by atoms with van der Waals surface area (Å²) in [7, 11) is 0. The number of unbranched alkanes of at least 4 members (excludes halogenated alkanes) is 4. The highest BCUT2D eigenvalue weighted by Crippen LogP contribution is 2.24. The Kier molecular flexibility index (Phi) is 7.92. The number of rotatable bonds is 9. The summed E-state index contributed by atoms with van der Waals surface area (Å²) >= 11 is 6.02. The van der Waals surface area contributed by atoms with E-state index in [1.807, 2.05) is 25.1 Å². The zero-order valence-electron chi connectivity index (χ0n) is 12.1. The molecule has 0 amide bonds. The molecule has 19 heavy (non-hydrogen) atoms. The molecule has 0 aliphatic carbocycles. The predicted octanol–water partition coefficient (Wildman–Crippen LogP) is 4.58. The van der Waals surface area contributed by atoms with Gasteiger partial charge in [0.2, 0.25) is 0 Å². The molecular weight excluding hydrogens is 258 g/mol. The monoisotopic (exact) mass is 283 g/mol. The molecule has 2 nitrogen and oxygen atoms in total. The lowest BCUT2D eigenvalue weighted by atomic mass is 10.1. The van der Waals surface area contributed by atoms with Gasteiger partial charge in [0, 0.05) is 11.1 Å². The Bertz CT molecular complexity index is 366. The van der Waals surface area contributed by atoms with Gasteiger partial charge >= 0.3 is 0 Å². The zero-order valence-corrected chi connectivity index (χ0v) is 12.9. The minimum absolute atomic E-state index is 0.116. The van der Waals surface area contributed by atoms with E-state index in [1.54, 1.807) is 0 Å². The fourth-order valence-electron chi connectivity index (χ4n) is 2.08. The van der Waals surface area contributed by atoms with Crippen LogP contribution in [-0.2, 0) is 6.42 Å². The molecule has 1 atom stereocenters. The third-order valence-electron chi connectivity index (χ3n) is 3.07. The highest BCUT2D eigenvalue weighted by atomic mass is 35.5. The van der Waals surface area contributed by atoms with Gasteiger partial charge in [-0.3, -0.25) is 0 Å². The Labute approximate surface area is 122 Å². The smallest absolute Gasteiger partial charge is 0.122 e. The first-order valence-electron chi connectivity index (χ1n) is 7.30. The van der Waals surface area contributed by atoms with Gasteiger partial charge in [-0.1, -0.05) is 44.2 Å². The van der Waals surface area contributed by atoms with Gasteiger partial charge in [-0.05, 0) is 43.5 Å². The number of benzene rings is 1. The number of hydrogen-bond donors (Lipinski definition) is 1. The summed E-state index contributed by atoms with van der Waals surface area (Å²) in [6.45, 7) is 5.00. The molecule has 1 aromatic carbocycles. The molecule has 0 aromatic heterocycles. The van der Waals surface area contributed by atoms with Gasteiger partial charge in [-0.15, -0.1) is 0 Å². The van der Waals surface area contributed by atoms with Gasteiger partial charge in [0.05, 0.1) is 6.61 Å². The predicted molar refractivity (Wildman–Crippen MR) is 83.1 cm³/mol. The van der Waals surface area contributed by atoms with E-state index in [4.69, 9.17) is 22.1 Å². The van der Waals surface area contributed by atoms with Crippen LogP contribution in [0.4, 0.5) is 0 Å². The molecule has 1 unspecified atom stereocenters. The van der Waals surface area contributed by atoms with Crippen molar-refractivity contribution in [1.29, 1.82) is 0 Å². The van der Waals surface area contributed by atoms with E-state index in [-0.39, 0.29) is 6.04 Å². The number of hydrogen-bond acceptors (Lipinski definition) is 2. The highest BCUT2D eigenvalue weighted by molar-refractivity contribution is 6.30. The van der Waals surface area contributed by atoms with Crippen LogP contribution in [0.15, 0.2) is 18.2 Å². The first-order valence-corrected chi connectivity index (χ1v) is 7.68. The standard InChI is InChI=1S/C16H26ClNO/c1-3-4-5-6-7-10-19-16-9-8-15(17)12-14(16)11-13(2)18/h8-9,12-13H,3-7,10-11,18H2,1-2H3. The van der Waals surface area contributed by atoms with E-state index in [2.05, 4.69) is 6.92 Å². The summed E-state index contributed by atoms with van der Waals surface area (Å²) in [6.07, 6.45) is 7.04. The molecule has 0 aliphatic heterocycles. The van der Waals surface area contributed by atoms with Crippen LogP contribution >= 0.6 is 11.6 Å². The van der Waals surface area contributed by atoms with E-state index in [0.29, 0.717) is 0 Å². The Balaban J connectivity index is 2.43. The Hall–Kier alpha value is -0.730. The van der Waals surface area contributed by atoms with E-state index >= 15 is 0 Å². The molecule has 1 rings (SSSR count).